The molecule has 13 heavy (non-hydrogen) atoms. The second kappa shape index (κ2) is 3.44. The minimum atomic E-state index is -3.80. The first kappa shape index (κ1) is 10.2. The number of thiophene rings is 1. The molecule has 1 amide bonds. The molecule has 0 bridgehead atoms. The summed E-state index contributed by atoms with van der Waals surface area (Å²) in [7, 11) is -2.37. The first-order valence-corrected chi connectivity index (χ1v) is 5.72. The molecule has 0 radical (unpaired) electrons. The number of carbonyl (C=O) groups is 1. The summed E-state index contributed by atoms with van der Waals surface area (Å²) in [6.07, 6.45) is 0. The van der Waals surface area contributed by atoms with E-state index >= 15 is 0 Å². The van der Waals surface area contributed by atoms with Crippen LogP contribution < -0.4 is 10.5 Å². The van der Waals surface area contributed by atoms with E-state index in [-0.39, 0.29) is 9.77 Å². The summed E-state index contributed by atoms with van der Waals surface area (Å²) in [5, 5.41) is 8.73. The van der Waals surface area contributed by atoms with E-state index in [1.54, 1.807) is 0 Å². The summed E-state index contributed by atoms with van der Waals surface area (Å²) in [5.74, 6) is -0.445. The third-order valence-corrected chi connectivity index (χ3v) is 3.36. The van der Waals surface area contributed by atoms with E-state index < -0.39 is 15.9 Å². The Bertz CT molecular complexity index is 421. The van der Waals surface area contributed by atoms with Gasteiger partial charge in [0.15, 0.2) is 0 Å². The van der Waals surface area contributed by atoms with Crippen LogP contribution in [0.3, 0.4) is 0 Å². The molecule has 0 aromatic carbocycles. The van der Waals surface area contributed by atoms with Crippen LogP contribution in [0.4, 0.5) is 0 Å². The zero-order chi connectivity index (χ0) is 10.1. The third-order valence-electron chi connectivity index (χ3n) is 1.37. The van der Waals surface area contributed by atoms with Gasteiger partial charge in [0.25, 0.3) is 5.91 Å². The van der Waals surface area contributed by atoms with Crippen molar-refractivity contribution in [2.75, 3.05) is 7.05 Å². The fraction of sp³-hybridized carbons (Fsp3) is 0.167. The van der Waals surface area contributed by atoms with Crippen molar-refractivity contribution in [1.29, 1.82) is 0 Å². The Labute approximate surface area is 79.6 Å². The quantitative estimate of drug-likeness (QED) is 0.720. The molecule has 1 aromatic heterocycles. The molecule has 0 aliphatic rings. The largest absolute Gasteiger partial charge is 0.354 e. The molecule has 1 aromatic rings. The molecule has 0 saturated heterocycles. The van der Waals surface area contributed by atoms with Gasteiger partial charge in [-0.1, -0.05) is 0 Å². The van der Waals surface area contributed by atoms with Gasteiger partial charge < -0.3 is 5.32 Å². The molecule has 1 rings (SSSR count). The molecule has 0 unspecified atom stereocenters. The summed E-state index contributed by atoms with van der Waals surface area (Å²) >= 11 is 1.04. The van der Waals surface area contributed by atoms with Gasteiger partial charge in [-0.05, 0) is 11.4 Å². The highest BCUT2D eigenvalue weighted by Gasteiger charge is 2.19. The molecule has 0 atom stereocenters. The molecule has 5 nitrogen and oxygen atoms in total. The van der Waals surface area contributed by atoms with E-state index in [1.165, 1.54) is 18.5 Å². The van der Waals surface area contributed by atoms with Crippen molar-refractivity contribution in [2.45, 2.75) is 4.90 Å². The van der Waals surface area contributed by atoms with Crippen molar-refractivity contribution >= 4 is 27.3 Å². The fourth-order valence-electron chi connectivity index (χ4n) is 0.801. The van der Waals surface area contributed by atoms with Gasteiger partial charge in [0.05, 0.1) is 0 Å². The van der Waals surface area contributed by atoms with Crippen molar-refractivity contribution in [2.24, 2.45) is 5.14 Å². The van der Waals surface area contributed by atoms with Crippen LogP contribution in [-0.4, -0.2) is 21.4 Å². The van der Waals surface area contributed by atoms with E-state index in [0.717, 1.165) is 11.3 Å². The Kier molecular flexibility index (Phi) is 2.69. The molecule has 0 spiro atoms. The number of sulfonamides is 1. The van der Waals surface area contributed by atoms with Crippen molar-refractivity contribution in [3.8, 4) is 0 Å². The van der Waals surface area contributed by atoms with Gasteiger partial charge in [-0.25, -0.2) is 13.6 Å². The Morgan fingerprint density at radius 3 is 2.69 bits per heavy atom. The Morgan fingerprint density at radius 2 is 2.23 bits per heavy atom. The molecule has 72 valence electrons. The van der Waals surface area contributed by atoms with Crippen LogP contribution in [0.5, 0.6) is 0 Å². The van der Waals surface area contributed by atoms with Crippen LogP contribution >= 0.6 is 11.3 Å². The first-order valence-electron chi connectivity index (χ1n) is 3.29. The summed E-state index contributed by atoms with van der Waals surface area (Å²) < 4.78 is 21.9. The number of amides is 1. The standard InChI is InChI=1S/C6H8N2O3S2/c1-8-6(9)5-4(2-3-12-5)13(7,10)11/h2-3H,1H3,(H,8,9)(H2,7,10,11). The van der Waals surface area contributed by atoms with Gasteiger partial charge in [0.2, 0.25) is 10.0 Å². The maximum absolute atomic E-state index is 11.1. The lowest BCUT2D eigenvalue weighted by Gasteiger charge is -1.98. The molecule has 0 aliphatic heterocycles. The minimum Gasteiger partial charge on any atom is -0.354 e. The molecular formula is C6H8N2O3S2. The van der Waals surface area contributed by atoms with Crippen LogP contribution in [0.1, 0.15) is 9.67 Å². The molecule has 0 saturated carbocycles. The fourth-order valence-corrected chi connectivity index (χ4v) is 2.72. The van der Waals surface area contributed by atoms with Crippen molar-refractivity contribution in [1.82, 2.24) is 5.32 Å². The molecule has 1 heterocycles. The van der Waals surface area contributed by atoms with Crippen LogP contribution in [0.2, 0.25) is 0 Å². The minimum absolute atomic E-state index is 0.116. The summed E-state index contributed by atoms with van der Waals surface area (Å²) in [4.78, 5) is 11.1. The smallest absolute Gasteiger partial charge is 0.262 e. The van der Waals surface area contributed by atoms with E-state index in [4.69, 9.17) is 5.14 Å². The Balaban J connectivity index is 3.26. The van der Waals surface area contributed by atoms with E-state index in [9.17, 15) is 13.2 Å². The average molecular weight is 220 g/mol. The van der Waals surface area contributed by atoms with Crippen molar-refractivity contribution < 1.29 is 13.2 Å². The number of hydrogen-bond acceptors (Lipinski definition) is 4. The van der Waals surface area contributed by atoms with Crippen molar-refractivity contribution in [3.63, 3.8) is 0 Å². The lowest BCUT2D eigenvalue weighted by molar-refractivity contribution is 0.0964. The maximum Gasteiger partial charge on any atom is 0.262 e. The molecule has 0 fully saturated rings. The molecule has 0 aliphatic carbocycles. The Morgan fingerprint density at radius 1 is 1.62 bits per heavy atom. The van der Waals surface area contributed by atoms with Gasteiger partial charge in [-0.2, -0.15) is 0 Å². The monoisotopic (exact) mass is 220 g/mol. The summed E-state index contributed by atoms with van der Waals surface area (Å²) in [5.41, 5.74) is 0. The highest BCUT2D eigenvalue weighted by Crippen LogP contribution is 2.20. The highest BCUT2D eigenvalue weighted by atomic mass is 32.2. The molecule has 7 heteroatoms. The van der Waals surface area contributed by atoms with Gasteiger partial charge in [0.1, 0.15) is 9.77 Å². The van der Waals surface area contributed by atoms with E-state index in [0.29, 0.717) is 0 Å². The van der Waals surface area contributed by atoms with Crippen molar-refractivity contribution in [3.05, 3.63) is 16.3 Å². The van der Waals surface area contributed by atoms with Crippen LogP contribution in [-0.2, 0) is 10.0 Å². The predicted octanol–water partition coefficient (Wildman–Crippen LogP) is -0.245. The van der Waals surface area contributed by atoms with Crippen LogP contribution in [0.15, 0.2) is 16.3 Å². The SMILES string of the molecule is CNC(=O)c1sccc1S(N)(=O)=O. The second-order valence-electron chi connectivity index (χ2n) is 2.24. The zero-order valence-corrected chi connectivity index (χ0v) is 8.41. The highest BCUT2D eigenvalue weighted by molar-refractivity contribution is 7.89. The van der Waals surface area contributed by atoms with Gasteiger partial charge in [-0.15, -0.1) is 11.3 Å². The number of nitrogens with two attached hydrogens (primary N) is 1. The average Bonchev–Trinajstić information content (AvgIpc) is 2.49. The summed E-state index contributed by atoms with van der Waals surface area (Å²) in [6.45, 7) is 0. The van der Waals surface area contributed by atoms with Gasteiger partial charge in [0, 0.05) is 7.05 Å². The predicted molar refractivity (Wildman–Crippen MR) is 49.1 cm³/mol. The second-order valence-corrected chi connectivity index (χ2v) is 4.68. The number of primary sulfonamides is 1. The lowest BCUT2D eigenvalue weighted by atomic mass is 10.4. The number of hydrogen-bond donors (Lipinski definition) is 2. The first-order chi connectivity index (χ1) is 5.96. The number of carbonyl (C=O) groups excluding carboxylic acids is 1. The van der Waals surface area contributed by atoms with E-state index in [2.05, 4.69) is 5.32 Å². The van der Waals surface area contributed by atoms with Gasteiger partial charge >= 0.3 is 0 Å². The van der Waals surface area contributed by atoms with Crippen LogP contribution in [0, 0.1) is 0 Å². The zero-order valence-electron chi connectivity index (χ0n) is 6.77. The maximum atomic E-state index is 11.1. The molecular weight excluding hydrogens is 212 g/mol. The normalized spacial score (nSPS) is 11.2. The van der Waals surface area contributed by atoms with Crippen LogP contribution in [0.25, 0.3) is 0 Å². The topological polar surface area (TPSA) is 89.3 Å². The number of nitrogens with one attached hydrogen (secondary N) is 1. The molecule has 3 N–H and O–H groups in total. The van der Waals surface area contributed by atoms with E-state index in [1.807, 2.05) is 0 Å². The summed E-state index contributed by atoms with van der Waals surface area (Å²) in [6, 6.07) is 1.31. The van der Waals surface area contributed by atoms with Gasteiger partial charge in [-0.3, -0.25) is 4.79 Å². The lowest BCUT2D eigenvalue weighted by Crippen LogP contribution is -2.21. The number of rotatable bonds is 2. The Hall–Kier alpha value is -0.920. The third kappa shape index (κ3) is 2.06.